The van der Waals surface area contributed by atoms with Crippen molar-refractivity contribution < 1.29 is 14.3 Å². The second-order valence-electron chi connectivity index (χ2n) is 9.65. The largest absolute Gasteiger partial charge is 0.393 e. The summed E-state index contributed by atoms with van der Waals surface area (Å²) in [5.74, 6) is -0.0719. The van der Waals surface area contributed by atoms with E-state index in [4.69, 9.17) is 38.9 Å². The Balaban J connectivity index is 1.51. The van der Waals surface area contributed by atoms with Gasteiger partial charge < -0.3 is 21.5 Å². The van der Waals surface area contributed by atoms with Gasteiger partial charge in [-0.1, -0.05) is 23.2 Å². The molecule has 1 amide bonds. The van der Waals surface area contributed by atoms with Gasteiger partial charge >= 0.3 is 0 Å². The first-order chi connectivity index (χ1) is 17.3. The molecule has 5 N–H and O–H groups in total. The molecule has 0 radical (unpaired) electrons. The third kappa shape index (κ3) is 5.21. The Hall–Kier alpha value is -2.69. The number of aliphatic hydroxyl groups is 1. The first-order valence-electron chi connectivity index (χ1n) is 12.2. The maximum Gasteiger partial charge on any atom is 0.224 e. The van der Waals surface area contributed by atoms with E-state index in [2.05, 4.69) is 15.6 Å². The Morgan fingerprint density at radius 2 is 1.83 bits per heavy atom. The highest BCUT2D eigenvalue weighted by molar-refractivity contribution is 6.39. The lowest BCUT2D eigenvalue weighted by molar-refractivity contribution is -0.122. The second-order valence-corrected chi connectivity index (χ2v) is 10.5. The van der Waals surface area contributed by atoms with Crippen molar-refractivity contribution in [3.63, 3.8) is 0 Å². The minimum atomic E-state index is -0.539. The maximum atomic E-state index is 13.8. The molecule has 192 valence electrons. The van der Waals surface area contributed by atoms with Gasteiger partial charge in [0.25, 0.3) is 0 Å². The molecule has 2 aliphatic carbocycles. The van der Waals surface area contributed by atoms with Crippen molar-refractivity contribution in [2.45, 2.75) is 69.6 Å². The smallest absolute Gasteiger partial charge is 0.224 e. The lowest BCUT2D eigenvalue weighted by atomic mass is 9.85. The van der Waals surface area contributed by atoms with Gasteiger partial charge in [0.2, 0.25) is 17.8 Å². The summed E-state index contributed by atoms with van der Waals surface area (Å²) in [6, 6.07) is 2.44. The van der Waals surface area contributed by atoms with E-state index >= 15 is 0 Å². The molecule has 3 aromatic rings. The van der Waals surface area contributed by atoms with Gasteiger partial charge in [-0.15, -0.1) is 0 Å². The van der Waals surface area contributed by atoms with Gasteiger partial charge in [-0.25, -0.2) is 14.4 Å². The number of hydrogen-bond acceptors (Lipinski definition) is 7. The van der Waals surface area contributed by atoms with Crippen LogP contribution in [0.4, 0.5) is 22.0 Å². The van der Waals surface area contributed by atoms with Gasteiger partial charge in [0.15, 0.2) is 5.65 Å². The number of aliphatic hydroxyl groups excluding tert-OH is 1. The Morgan fingerprint density at radius 1 is 1.11 bits per heavy atom. The molecule has 1 aromatic carbocycles. The number of rotatable bonds is 6. The molecule has 36 heavy (non-hydrogen) atoms. The predicted molar refractivity (Wildman–Crippen MR) is 137 cm³/mol. The minimum absolute atomic E-state index is 0.00893. The van der Waals surface area contributed by atoms with Crippen LogP contribution in [0.15, 0.2) is 18.3 Å². The average molecular weight is 536 g/mol. The molecular weight excluding hydrogens is 508 g/mol. The zero-order valence-corrected chi connectivity index (χ0v) is 21.1. The highest BCUT2D eigenvalue weighted by atomic mass is 35.5. The first-order valence-corrected chi connectivity index (χ1v) is 12.9. The number of anilines is 3. The lowest BCUT2D eigenvalue weighted by Crippen LogP contribution is -2.30. The fourth-order valence-electron chi connectivity index (χ4n) is 5.26. The number of benzene rings is 1. The number of aromatic nitrogens is 4. The van der Waals surface area contributed by atoms with E-state index in [1.54, 1.807) is 6.20 Å². The van der Waals surface area contributed by atoms with Crippen LogP contribution in [-0.4, -0.2) is 42.7 Å². The first kappa shape index (κ1) is 25.0. The molecule has 0 unspecified atom stereocenters. The maximum absolute atomic E-state index is 13.8. The van der Waals surface area contributed by atoms with E-state index < -0.39 is 5.82 Å². The van der Waals surface area contributed by atoms with Gasteiger partial charge in [0.1, 0.15) is 11.3 Å². The Bertz CT molecular complexity index is 1260. The van der Waals surface area contributed by atoms with Crippen LogP contribution in [0.3, 0.4) is 0 Å². The predicted octanol–water partition coefficient (Wildman–Crippen LogP) is 4.95. The molecule has 2 heterocycles. The molecule has 2 atom stereocenters. The van der Waals surface area contributed by atoms with E-state index in [-0.39, 0.29) is 40.1 Å². The number of nitrogens with one attached hydrogen (secondary N) is 2. The van der Waals surface area contributed by atoms with Gasteiger partial charge in [-0.2, -0.15) is 4.98 Å². The molecule has 2 aliphatic rings. The van der Waals surface area contributed by atoms with Crippen molar-refractivity contribution in [1.29, 1.82) is 0 Å². The summed E-state index contributed by atoms with van der Waals surface area (Å²) >= 11 is 12.6. The lowest BCUT2D eigenvalue weighted by Gasteiger charge is -2.29. The Morgan fingerprint density at radius 3 is 2.50 bits per heavy atom. The third-order valence-electron chi connectivity index (χ3n) is 7.12. The summed E-state index contributed by atoms with van der Waals surface area (Å²) in [7, 11) is 0. The number of carbonyl (C=O) groups excluding carboxylic acids is 1. The number of primary amides is 1. The number of fused-ring (bicyclic) bond motifs is 1. The molecule has 0 bridgehead atoms. The van der Waals surface area contributed by atoms with Crippen LogP contribution >= 0.6 is 23.2 Å². The van der Waals surface area contributed by atoms with Crippen LogP contribution in [0.25, 0.3) is 11.2 Å². The van der Waals surface area contributed by atoms with Crippen LogP contribution in [0.2, 0.25) is 10.0 Å². The molecule has 2 saturated carbocycles. The summed E-state index contributed by atoms with van der Waals surface area (Å²) in [4.78, 5) is 25.6. The monoisotopic (exact) mass is 535 g/mol. The molecule has 0 saturated heterocycles. The number of imidazole rings is 1. The van der Waals surface area contributed by atoms with Crippen LogP contribution in [-0.2, 0) is 4.79 Å². The van der Waals surface area contributed by atoms with E-state index in [1.807, 2.05) is 4.57 Å². The highest BCUT2D eigenvalue weighted by Crippen LogP contribution is 2.39. The summed E-state index contributed by atoms with van der Waals surface area (Å²) in [6.07, 6.45) is 7.38. The molecule has 0 aliphatic heterocycles. The molecule has 12 heteroatoms. The van der Waals surface area contributed by atoms with E-state index in [9.17, 15) is 14.3 Å². The van der Waals surface area contributed by atoms with Crippen LogP contribution in [0.5, 0.6) is 0 Å². The van der Waals surface area contributed by atoms with Gasteiger partial charge in [0.05, 0.1) is 28.0 Å². The quantitative estimate of drug-likeness (QED) is 0.351. The van der Waals surface area contributed by atoms with Crippen molar-refractivity contribution in [2.75, 3.05) is 10.6 Å². The number of nitrogens with zero attached hydrogens (tertiary/aromatic N) is 4. The number of carbonyl (C=O) groups is 1. The van der Waals surface area contributed by atoms with Crippen LogP contribution in [0, 0.1) is 11.7 Å². The molecular formula is C24H28Cl2FN7O2. The third-order valence-corrected chi connectivity index (χ3v) is 7.72. The van der Waals surface area contributed by atoms with Crippen molar-refractivity contribution in [3.05, 3.63) is 34.2 Å². The van der Waals surface area contributed by atoms with Crippen molar-refractivity contribution >= 4 is 57.9 Å². The van der Waals surface area contributed by atoms with E-state index in [0.29, 0.717) is 60.9 Å². The zero-order valence-electron chi connectivity index (χ0n) is 19.6. The SMILES string of the molecule is NC(=O)[C@H]1CC[C@H](n2c(Nc3c(Cl)cc(F)cc3Cl)nc3cnc(N[C@H]4CCC[C@H](O)C4)nc32)CC1. The molecule has 5 rings (SSSR count). The molecule has 9 nitrogen and oxygen atoms in total. The van der Waals surface area contributed by atoms with Crippen molar-refractivity contribution in [2.24, 2.45) is 11.7 Å². The summed E-state index contributed by atoms with van der Waals surface area (Å²) in [6.45, 7) is 0. The fourth-order valence-corrected chi connectivity index (χ4v) is 5.82. The number of halogens is 3. The second kappa shape index (κ2) is 10.4. The van der Waals surface area contributed by atoms with Gasteiger partial charge in [-0.05, 0) is 63.5 Å². The number of nitrogens with two attached hydrogens (primary N) is 1. The van der Waals surface area contributed by atoms with Crippen molar-refractivity contribution in [3.8, 4) is 0 Å². The van der Waals surface area contributed by atoms with Crippen molar-refractivity contribution in [1.82, 2.24) is 19.5 Å². The average Bonchev–Trinajstić information content (AvgIpc) is 3.18. The molecule has 2 fully saturated rings. The van der Waals surface area contributed by atoms with Crippen LogP contribution in [0.1, 0.15) is 57.4 Å². The van der Waals surface area contributed by atoms with Crippen LogP contribution < -0.4 is 16.4 Å². The highest BCUT2D eigenvalue weighted by Gasteiger charge is 2.30. The summed E-state index contributed by atoms with van der Waals surface area (Å²) < 4.78 is 15.7. The van der Waals surface area contributed by atoms with Gasteiger partial charge in [-0.3, -0.25) is 9.36 Å². The minimum Gasteiger partial charge on any atom is -0.393 e. The molecule has 2 aromatic heterocycles. The Kier molecular flexibility index (Phi) is 7.18. The Labute approximate surface area is 217 Å². The molecule has 0 spiro atoms. The summed E-state index contributed by atoms with van der Waals surface area (Å²) in [5.41, 5.74) is 7.06. The van der Waals surface area contributed by atoms with Gasteiger partial charge in [0, 0.05) is 18.0 Å². The standard InChI is InChI=1S/C24H28Cl2FN7O2/c25-17-8-13(27)9-18(26)20(17)32-24-31-19-11-29-23(30-14-2-1-3-16(35)10-14)33-22(19)34(24)15-6-4-12(5-7-15)21(28)36/h8-9,11-12,14-16,35H,1-7,10H2,(H2,28,36)(H,31,32)(H,29,30,33)/t12-,14-,15-,16-/m0/s1. The van der Waals surface area contributed by atoms with E-state index in [1.165, 1.54) is 12.1 Å². The zero-order chi connectivity index (χ0) is 25.4. The van der Waals surface area contributed by atoms with E-state index in [0.717, 1.165) is 19.3 Å². The fraction of sp³-hybridized carbons (Fsp3) is 0.500. The normalized spacial score (nSPS) is 24.6. The topological polar surface area (TPSA) is 131 Å². The summed E-state index contributed by atoms with van der Waals surface area (Å²) in [5, 5.41) is 16.8. The number of amides is 1. The number of hydrogen-bond donors (Lipinski definition) is 4.